The lowest BCUT2D eigenvalue weighted by Gasteiger charge is -2.26. The molecule has 1 aromatic rings. The van der Waals surface area contributed by atoms with Gasteiger partial charge in [0.05, 0.1) is 11.4 Å². The predicted octanol–water partition coefficient (Wildman–Crippen LogP) is 1.17. The van der Waals surface area contributed by atoms with Crippen LogP contribution in [0.15, 0.2) is 0 Å². The summed E-state index contributed by atoms with van der Waals surface area (Å²) in [5, 5.41) is 3.21. The number of aromatic nitrogens is 2. The van der Waals surface area contributed by atoms with Crippen molar-refractivity contribution in [3.8, 4) is 0 Å². The monoisotopic (exact) mass is 222 g/mol. The number of rotatable bonds is 3. The van der Waals surface area contributed by atoms with Crippen LogP contribution in [0.3, 0.4) is 0 Å². The minimum atomic E-state index is 0.507. The van der Waals surface area contributed by atoms with Crippen molar-refractivity contribution in [2.24, 2.45) is 0 Å². The normalized spacial score (nSPS) is 16.8. The second-order valence-electron chi connectivity index (χ2n) is 4.94. The summed E-state index contributed by atoms with van der Waals surface area (Å²) in [4.78, 5) is 7.15. The van der Waals surface area contributed by atoms with Crippen LogP contribution >= 0.6 is 0 Å². The molecular formula is C12H22N4. The maximum atomic E-state index is 4.79. The van der Waals surface area contributed by atoms with E-state index in [1.807, 2.05) is 7.05 Å². The van der Waals surface area contributed by atoms with Crippen LogP contribution in [0.25, 0.3) is 0 Å². The van der Waals surface area contributed by atoms with E-state index in [1.54, 1.807) is 0 Å². The fraction of sp³-hybridized carbons (Fsp3) is 0.750. The number of hydrogen-bond donors (Lipinski definition) is 1. The molecule has 0 aromatic carbocycles. The van der Waals surface area contributed by atoms with Gasteiger partial charge in [-0.2, -0.15) is 0 Å². The molecule has 0 amide bonds. The second-order valence-corrected chi connectivity index (χ2v) is 4.94. The minimum Gasteiger partial charge on any atom is -0.329 e. The Hall–Kier alpha value is -0.870. The van der Waals surface area contributed by atoms with Gasteiger partial charge in [-0.05, 0) is 14.1 Å². The van der Waals surface area contributed by atoms with Crippen molar-refractivity contribution in [1.29, 1.82) is 0 Å². The molecule has 1 N–H and O–H groups in total. The molecule has 0 atom stereocenters. The molecule has 16 heavy (non-hydrogen) atoms. The van der Waals surface area contributed by atoms with E-state index in [0.29, 0.717) is 5.92 Å². The summed E-state index contributed by atoms with van der Waals surface area (Å²) in [6.45, 7) is 8.54. The number of imidazole rings is 1. The molecule has 1 aliphatic heterocycles. The highest BCUT2D eigenvalue weighted by Crippen LogP contribution is 2.23. The average Bonchev–Trinajstić information content (AvgIpc) is 2.58. The molecule has 1 aromatic heterocycles. The number of hydrogen-bond acceptors (Lipinski definition) is 3. The SMILES string of the molecule is CNCc1nc(C(C)C)n2c1CN(C)CC2. The maximum absolute atomic E-state index is 4.79. The Morgan fingerprint density at radius 3 is 2.75 bits per heavy atom. The molecule has 0 unspecified atom stereocenters. The van der Waals surface area contributed by atoms with Gasteiger partial charge >= 0.3 is 0 Å². The van der Waals surface area contributed by atoms with Gasteiger partial charge in [-0.1, -0.05) is 13.8 Å². The van der Waals surface area contributed by atoms with E-state index in [-0.39, 0.29) is 0 Å². The summed E-state index contributed by atoms with van der Waals surface area (Å²) in [5.41, 5.74) is 2.62. The third-order valence-electron chi connectivity index (χ3n) is 3.17. The largest absolute Gasteiger partial charge is 0.329 e. The summed E-state index contributed by atoms with van der Waals surface area (Å²) in [6.07, 6.45) is 0. The zero-order valence-corrected chi connectivity index (χ0v) is 10.7. The van der Waals surface area contributed by atoms with Crippen LogP contribution in [0.4, 0.5) is 0 Å². The van der Waals surface area contributed by atoms with E-state index in [0.717, 1.165) is 26.2 Å². The average molecular weight is 222 g/mol. The van der Waals surface area contributed by atoms with Gasteiger partial charge in [0.2, 0.25) is 0 Å². The summed E-state index contributed by atoms with van der Waals surface area (Å²) in [5.74, 6) is 1.75. The van der Waals surface area contributed by atoms with Crippen LogP contribution in [-0.2, 0) is 19.6 Å². The highest BCUT2D eigenvalue weighted by Gasteiger charge is 2.22. The van der Waals surface area contributed by atoms with Crippen molar-refractivity contribution in [3.63, 3.8) is 0 Å². The zero-order chi connectivity index (χ0) is 11.7. The molecule has 2 heterocycles. The topological polar surface area (TPSA) is 33.1 Å². The lowest BCUT2D eigenvalue weighted by molar-refractivity contribution is 0.265. The van der Waals surface area contributed by atoms with Gasteiger partial charge in [0, 0.05) is 32.1 Å². The Morgan fingerprint density at radius 2 is 2.12 bits per heavy atom. The van der Waals surface area contributed by atoms with Crippen LogP contribution in [0.5, 0.6) is 0 Å². The molecule has 2 rings (SSSR count). The van der Waals surface area contributed by atoms with Crippen LogP contribution in [0, 0.1) is 0 Å². The van der Waals surface area contributed by atoms with Crippen molar-refractivity contribution in [1.82, 2.24) is 19.8 Å². The molecular weight excluding hydrogens is 200 g/mol. The molecule has 1 aliphatic rings. The van der Waals surface area contributed by atoms with Crippen LogP contribution < -0.4 is 5.32 Å². The standard InChI is InChI=1S/C12H22N4/c1-9(2)12-14-10(7-13-3)11-8-15(4)5-6-16(11)12/h9,13H,5-8H2,1-4H3. The Labute approximate surface area is 97.7 Å². The maximum Gasteiger partial charge on any atom is 0.111 e. The summed E-state index contributed by atoms with van der Waals surface area (Å²) >= 11 is 0. The zero-order valence-electron chi connectivity index (χ0n) is 10.7. The van der Waals surface area contributed by atoms with Gasteiger partial charge in [-0.3, -0.25) is 4.90 Å². The predicted molar refractivity (Wildman–Crippen MR) is 65.4 cm³/mol. The third-order valence-corrected chi connectivity index (χ3v) is 3.17. The first kappa shape index (κ1) is 11.6. The Kier molecular flexibility index (Phi) is 3.30. The number of nitrogens with zero attached hydrogens (tertiary/aromatic N) is 3. The molecule has 4 nitrogen and oxygen atoms in total. The smallest absolute Gasteiger partial charge is 0.111 e. The van der Waals surface area contributed by atoms with E-state index in [4.69, 9.17) is 4.98 Å². The third kappa shape index (κ3) is 1.99. The number of likely N-dealkylation sites (N-methyl/N-ethyl adjacent to an activating group) is 1. The van der Waals surface area contributed by atoms with Gasteiger partial charge < -0.3 is 9.88 Å². The molecule has 0 bridgehead atoms. The van der Waals surface area contributed by atoms with Crippen LogP contribution in [0.1, 0.15) is 37.0 Å². The molecule has 0 aliphatic carbocycles. The molecule has 0 spiro atoms. The van der Waals surface area contributed by atoms with E-state index in [2.05, 4.69) is 35.7 Å². The quantitative estimate of drug-likeness (QED) is 0.833. The summed E-state index contributed by atoms with van der Waals surface area (Å²) in [6, 6.07) is 0. The van der Waals surface area contributed by atoms with Crippen molar-refractivity contribution in [2.75, 3.05) is 20.6 Å². The summed E-state index contributed by atoms with van der Waals surface area (Å²) < 4.78 is 2.41. The van der Waals surface area contributed by atoms with E-state index in [9.17, 15) is 0 Å². The Bertz CT molecular complexity index is 367. The first-order valence-electron chi connectivity index (χ1n) is 6.04. The molecule has 0 saturated heterocycles. The second kappa shape index (κ2) is 4.55. The lowest BCUT2D eigenvalue weighted by Crippen LogP contribution is -2.31. The van der Waals surface area contributed by atoms with Gasteiger partial charge in [-0.25, -0.2) is 4.98 Å². The number of fused-ring (bicyclic) bond motifs is 1. The fourth-order valence-corrected chi connectivity index (χ4v) is 2.34. The Balaban J connectivity index is 2.40. The van der Waals surface area contributed by atoms with Gasteiger partial charge in [0.25, 0.3) is 0 Å². The fourth-order valence-electron chi connectivity index (χ4n) is 2.34. The molecule has 0 fully saturated rings. The van der Waals surface area contributed by atoms with Crippen molar-refractivity contribution in [2.45, 2.75) is 39.4 Å². The number of nitrogens with one attached hydrogen (secondary N) is 1. The van der Waals surface area contributed by atoms with Gasteiger partial charge in [0.1, 0.15) is 5.82 Å². The van der Waals surface area contributed by atoms with Gasteiger partial charge in [0.15, 0.2) is 0 Å². The highest BCUT2D eigenvalue weighted by molar-refractivity contribution is 5.20. The lowest BCUT2D eigenvalue weighted by atomic mass is 10.2. The van der Waals surface area contributed by atoms with Crippen molar-refractivity contribution >= 4 is 0 Å². The first-order chi connectivity index (χ1) is 7.63. The minimum absolute atomic E-state index is 0.507. The molecule has 4 heteroatoms. The molecule has 90 valence electrons. The highest BCUT2D eigenvalue weighted by atomic mass is 15.2. The van der Waals surface area contributed by atoms with E-state index in [1.165, 1.54) is 17.2 Å². The van der Waals surface area contributed by atoms with Crippen molar-refractivity contribution < 1.29 is 0 Å². The van der Waals surface area contributed by atoms with E-state index < -0.39 is 0 Å². The van der Waals surface area contributed by atoms with Gasteiger partial charge in [-0.15, -0.1) is 0 Å². The molecule has 0 saturated carbocycles. The first-order valence-corrected chi connectivity index (χ1v) is 6.04. The molecule has 0 radical (unpaired) electrons. The summed E-state index contributed by atoms with van der Waals surface area (Å²) in [7, 11) is 4.15. The van der Waals surface area contributed by atoms with E-state index >= 15 is 0 Å². The van der Waals surface area contributed by atoms with Crippen LogP contribution in [-0.4, -0.2) is 35.1 Å². The van der Waals surface area contributed by atoms with Crippen molar-refractivity contribution in [3.05, 3.63) is 17.2 Å². The Morgan fingerprint density at radius 1 is 1.38 bits per heavy atom. The van der Waals surface area contributed by atoms with Crippen LogP contribution in [0.2, 0.25) is 0 Å².